The van der Waals surface area contributed by atoms with Crippen LogP contribution in [0.4, 0.5) is 0 Å². The molecule has 1 unspecified atom stereocenters. The summed E-state index contributed by atoms with van der Waals surface area (Å²) < 4.78 is 35.4. The van der Waals surface area contributed by atoms with Gasteiger partial charge >= 0.3 is 5.97 Å². The van der Waals surface area contributed by atoms with Crippen LogP contribution in [0.5, 0.6) is 0 Å². The maximum atomic E-state index is 12.2. The van der Waals surface area contributed by atoms with Crippen LogP contribution in [0, 0.1) is 5.92 Å². The van der Waals surface area contributed by atoms with Crippen molar-refractivity contribution in [2.24, 2.45) is 5.92 Å². The van der Waals surface area contributed by atoms with E-state index >= 15 is 0 Å². The van der Waals surface area contributed by atoms with Gasteiger partial charge in [0.1, 0.15) is 12.6 Å². The Morgan fingerprint density at radius 2 is 1.91 bits per heavy atom. The molecule has 1 aromatic rings. The molecule has 0 spiro atoms. The van der Waals surface area contributed by atoms with Crippen molar-refractivity contribution in [3.05, 3.63) is 35.9 Å². The number of carbonyl (C=O) groups excluding carboxylic acids is 1. The Morgan fingerprint density at radius 3 is 2.48 bits per heavy atom. The summed E-state index contributed by atoms with van der Waals surface area (Å²) >= 11 is 0. The van der Waals surface area contributed by atoms with E-state index in [0.29, 0.717) is 18.9 Å². The number of ether oxygens (including phenoxy) is 1. The van der Waals surface area contributed by atoms with Gasteiger partial charge in [0.2, 0.25) is 0 Å². The number of rotatable bonds is 10. The summed E-state index contributed by atoms with van der Waals surface area (Å²) in [4.78, 5) is 12.2. The van der Waals surface area contributed by atoms with Gasteiger partial charge in [-0.2, -0.15) is 8.42 Å². The van der Waals surface area contributed by atoms with E-state index < -0.39 is 16.2 Å². The van der Waals surface area contributed by atoms with E-state index in [-0.39, 0.29) is 24.7 Å². The van der Waals surface area contributed by atoms with Crippen LogP contribution in [0.25, 0.3) is 0 Å². The van der Waals surface area contributed by atoms with Crippen LogP contribution >= 0.6 is 0 Å². The number of hydrogen-bond donors (Lipinski definition) is 2. The highest BCUT2D eigenvalue weighted by atomic mass is 32.2. The first kappa shape index (κ1) is 19.6. The first-order valence-electron chi connectivity index (χ1n) is 7.67. The Bertz CT molecular complexity index is 571. The van der Waals surface area contributed by atoms with Crippen LogP contribution in [0.1, 0.15) is 32.3 Å². The third kappa shape index (κ3) is 9.32. The molecule has 0 saturated heterocycles. The lowest BCUT2D eigenvalue weighted by atomic mass is 10.0. The van der Waals surface area contributed by atoms with Gasteiger partial charge in [0.15, 0.2) is 0 Å². The number of nitrogens with one attached hydrogen (secondary N) is 1. The fourth-order valence-corrected chi connectivity index (χ4v) is 2.60. The highest BCUT2D eigenvalue weighted by Gasteiger charge is 2.21. The lowest BCUT2D eigenvalue weighted by Crippen LogP contribution is -2.40. The van der Waals surface area contributed by atoms with E-state index in [2.05, 4.69) is 5.32 Å². The maximum absolute atomic E-state index is 12.2. The second-order valence-electron chi connectivity index (χ2n) is 5.87. The molecule has 0 aliphatic heterocycles. The first-order chi connectivity index (χ1) is 10.8. The van der Waals surface area contributed by atoms with Crippen LogP contribution < -0.4 is 5.32 Å². The van der Waals surface area contributed by atoms with Crippen molar-refractivity contribution in [2.45, 2.75) is 39.3 Å². The zero-order chi connectivity index (χ0) is 17.3. The average molecular weight is 343 g/mol. The number of carbonyl (C=O) groups is 1. The van der Waals surface area contributed by atoms with E-state index in [1.54, 1.807) is 0 Å². The first-order valence-corrected chi connectivity index (χ1v) is 9.28. The van der Waals surface area contributed by atoms with Crippen molar-refractivity contribution < 1.29 is 22.5 Å². The third-order valence-electron chi connectivity index (χ3n) is 3.19. The Kier molecular flexibility index (Phi) is 8.22. The molecule has 6 nitrogen and oxygen atoms in total. The SMILES string of the molecule is CC(C)CC(NCCCS(=O)(=O)O)C(=O)OCc1ccccc1. The molecule has 1 atom stereocenters. The minimum atomic E-state index is -3.97. The summed E-state index contributed by atoms with van der Waals surface area (Å²) in [5.41, 5.74) is 0.913. The molecule has 0 fully saturated rings. The molecule has 0 bridgehead atoms. The summed E-state index contributed by atoms with van der Waals surface area (Å²) in [5, 5.41) is 3.01. The molecule has 130 valence electrons. The van der Waals surface area contributed by atoms with Gasteiger partial charge in [-0.15, -0.1) is 0 Å². The molecule has 1 aromatic carbocycles. The minimum Gasteiger partial charge on any atom is -0.460 e. The van der Waals surface area contributed by atoms with Crippen molar-refractivity contribution in [1.82, 2.24) is 5.32 Å². The highest BCUT2D eigenvalue weighted by Crippen LogP contribution is 2.09. The Labute approximate surface area is 138 Å². The van der Waals surface area contributed by atoms with E-state index in [9.17, 15) is 13.2 Å². The molecule has 0 aliphatic carbocycles. The summed E-state index contributed by atoms with van der Waals surface area (Å²) in [7, 11) is -3.97. The van der Waals surface area contributed by atoms with Gasteiger partial charge in [0.25, 0.3) is 10.1 Å². The van der Waals surface area contributed by atoms with Crippen LogP contribution in [0.2, 0.25) is 0 Å². The van der Waals surface area contributed by atoms with Crippen molar-refractivity contribution >= 4 is 16.1 Å². The summed E-state index contributed by atoms with van der Waals surface area (Å²) in [6.45, 7) is 4.52. The Hall–Kier alpha value is -1.44. The molecule has 7 heteroatoms. The number of hydrogen-bond acceptors (Lipinski definition) is 5. The summed E-state index contributed by atoms with van der Waals surface area (Å²) in [5.74, 6) is -0.388. The van der Waals surface area contributed by atoms with Gasteiger partial charge in [0, 0.05) is 0 Å². The Morgan fingerprint density at radius 1 is 1.26 bits per heavy atom. The molecule has 0 saturated carbocycles. The van der Waals surface area contributed by atoms with E-state index in [1.165, 1.54) is 0 Å². The van der Waals surface area contributed by atoms with E-state index in [4.69, 9.17) is 9.29 Å². The van der Waals surface area contributed by atoms with Gasteiger partial charge < -0.3 is 10.1 Å². The minimum absolute atomic E-state index is 0.209. The molecule has 0 amide bonds. The molecule has 0 heterocycles. The van der Waals surface area contributed by atoms with Gasteiger partial charge in [-0.25, -0.2) is 0 Å². The van der Waals surface area contributed by atoms with Crippen LogP contribution in [-0.4, -0.2) is 37.3 Å². The topological polar surface area (TPSA) is 92.7 Å². The van der Waals surface area contributed by atoms with Gasteiger partial charge in [-0.05, 0) is 30.9 Å². The quantitative estimate of drug-likeness (QED) is 0.383. The van der Waals surface area contributed by atoms with Crippen molar-refractivity contribution in [3.63, 3.8) is 0 Å². The second-order valence-corrected chi connectivity index (χ2v) is 7.44. The van der Waals surface area contributed by atoms with Gasteiger partial charge in [-0.1, -0.05) is 44.2 Å². The van der Waals surface area contributed by atoms with E-state index in [0.717, 1.165) is 5.56 Å². The zero-order valence-corrected chi connectivity index (χ0v) is 14.4. The van der Waals surface area contributed by atoms with Crippen LogP contribution in [0.15, 0.2) is 30.3 Å². The normalized spacial score (nSPS) is 13.0. The fraction of sp³-hybridized carbons (Fsp3) is 0.562. The third-order valence-corrected chi connectivity index (χ3v) is 3.99. The molecule has 0 radical (unpaired) electrons. The van der Waals surface area contributed by atoms with Crippen LogP contribution in [0.3, 0.4) is 0 Å². The predicted molar refractivity (Wildman–Crippen MR) is 88.5 cm³/mol. The van der Waals surface area contributed by atoms with Crippen molar-refractivity contribution in [2.75, 3.05) is 12.3 Å². The lowest BCUT2D eigenvalue weighted by molar-refractivity contribution is -0.148. The molecule has 0 aliphatic rings. The van der Waals surface area contributed by atoms with Crippen molar-refractivity contribution in [3.8, 4) is 0 Å². The monoisotopic (exact) mass is 343 g/mol. The zero-order valence-electron chi connectivity index (χ0n) is 13.6. The standard InChI is InChI=1S/C16H25NO5S/c1-13(2)11-15(17-9-6-10-23(19,20)21)16(18)22-12-14-7-4-3-5-8-14/h3-5,7-8,13,15,17H,6,9-12H2,1-2H3,(H,19,20,21). The molecule has 0 aromatic heterocycles. The molecule has 1 rings (SSSR count). The maximum Gasteiger partial charge on any atom is 0.323 e. The fourth-order valence-electron chi connectivity index (χ4n) is 2.09. The molecule has 2 N–H and O–H groups in total. The predicted octanol–water partition coefficient (Wildman–Crippen LogP) is 2.01. The number of esters is 1. The second kappa shape index (κ2) is 9.64. The molecular formula is C16H25NO5S. The van der Waals surface area contributed by atoms with E-state index in [1.807, 2.05) is 44.2 Å². The molecular weight excluding hydrogens is 318 g/mol. The smallest absolute Gasteiger partial charge is 0.323 e. The Balaban J connectivity index is 2.46. The van der Waals surface area contributed by atoms with Gasteiger partial charge in [0.05, 0.1) is 5.75 Å². The summed E-state index contributed by atoms with van der Waals surface area (Å²) in [6, 6.07) is 8.92. The van der Waals surface area contributed by atoms with Crippen LogP contribution in [-0.2, 0) is 26.3 Å². The van der Waals surface area contributed by atoms with Gasteiger partial charge in [-0.3, -0.25) is 9.35 Å². The average Bonchev–Trinajstić information content (AvgIpc) is 2.47. The summed E-state index contributed by atoms with van der Waals surface area (Å²) in [6.07, 6.45) is 0.832. The lowest BCUT2D eigenvalue weighted by Gasteiger charge is -2.19. The molecule has 23 heavy (non-hydrogen) atoms. The highest BCUT2D eigenvalue weighted by molar-refractivity contribution is 7.85. The largest absolute Gasteiger partial charge is 0.460 e. The van der Waals surface area contributed by atoms with Crippen molar-refractivity contribution in [1.29, 1.82) is 0 Å². The number of benzene rings is 1.